The van der Waals surface area contributed by atoms with Gasteiger partial charge in [-0.05, 0) is 12.8 Å². The second-order valence-corrected chi connectivity index (χ2v) is 5.19. The third kappa shape index (κ3) is 2.46. The van der Waals surface area contributed by atoms with Crippen LogP contribution in [0.3, 0.4) is 0 Å². The monoisotopic (exact) mass is 270 g/mol. The maximum Gasteiger partial charge on any atom is 0.303 e. The van der Waals surface area contributed by atoms with E-state index in [4.69, 9.17) is 10.1 Å². The molecule has 0 fully saturated rings. The smallest absolute Gasteiger partial charge is 0.303 e. The van der Waals surface area contributed by atoms with Crippen LogP contribution in [-0.2, 0) is 24.2 Å². The van der Waals surface area contributed by atoms with Crippen molar-refractivity contribution in [1.82, 2.24) is 9.55 Å². The summed E-state index contributed by atoms with van der Waals surface area (Å²) < 4.78 is 2.23. The molecule has 4 heteroatoms. The minimum absolute atomic E-state index is 0.158. The zero-order valence-corrected chi connectivity index (χ0v) is 11.4. The Labute approximate surface area is 118 Å². The summed E-state index contributed by atoms with van der Waals surface area (Å²) >= 11 is 0. The Morgan fingerprint density at radius 2 is 2.05 bits per heavy atom. The van der Waals surface area contributed by atoms with E-state index in [2.05, 4.69) is 4.57 Å². The summed E-state index contributed by atoms with van der Waals surface area (Å²) in [7, 11) is 0. The quantitative estimate of drug-likeness (QED) is 0.929. The van der Waals surface area contributed by atoms with Crippen molar-refractivity contribution >= 4 is 5.97 Å². The molecule has 1 N–H and O–H groups in total. The second-order valence-electron chi connectivity index (χ2n) is 5.19. The van der Waals surface area contributed by atoms with Crippen LogP contribution in [0.15, 0.2) is 30.3 Å². The van der Waals surface area contributed by atoms with Crippen molar-refractivity contribution in [1.29, 1.82) is 0 Å². The van der Waals surface area contributed by atoms with Crippen LogP contribution < -0.4 is 0 Å². The number of benzene rings is 1. The highest BCUT2D eigenvalue weighted by Gasteiger charge is 2.20. The molecule has 0 saturated heterocycles. The number of carboxylic acids is 1. The summed E-state index contributed by atoms with van der Waals surface area (Å²) in [5, 5.41) is 8.95. The van der Waals surface area contributed by atoms with Gasteiger partial charge < -0.3 is 9.67 Å². The molecule has 20 heavy (non-hydrogen) atoms. The van der Waals surface area contributed by atoms with E-state index in [1.807, 2.05) is 30.3 Å². The zero-order chi connectivity index (χ0) is 13.9. The van der Waals surface area contributed by atoms with Gasteiger partial charge in [-0.2, -0.15) is 0 Å². The van der Waals surface area contributed by atoms with Crippen LogP contribution in [0.5, 0.6) is 0 Å². The third-order valence-electron chi connectivity index (χ3n) is 3.81. The van der Waals surface area contributed by atoms with Crippen molar-refractivity contribution < 1.29 is 9.90 Å². The largest absolute Gasteiger partial charge is 0.481 e. The fraction of sp³-hybridized carbons (Fsp3) is 0.375. The molecular formula is C16H18N2O2. The molecule has 1 aliphatic rings. The maximum atomic E-state index is 10.9. The number of imidazole rings is 1. The predicted molar refractivity (Wildman–Crippen MR) is 76.6 cm³/mol. The van der Waals surface area contributed by atoms with Crippen LogP contribution in [-0.4, -0.2) is 20.6 Å². The average molecular weight is 270 g/mol. The molecule has 0 radical (unpaired) electrons. The Morgan fingerprint density at radius 3 is 2.80 bits per heavy atom. The lowest BCUT2D eigenvalue weighted by molar-refractivity contribution is -0.136. The van der Waals surface area contributed by atoms with E-state index in [0.29, 0.717) is 6.42 Å². The minimum Gasteiger partial charge on any atom is -0.481 e. The number of hydrogen-bond donors (Lipinski definition) is 1. The minimum atomic E-state index is -0.754. The molecule has 0 amide bonds. The van der Waals surface area contributed by atoms with Crippen molar-refractivity contribution in [3.05, 3.63) is 41.9 Å². The topological polar surface area (TPSA) is 55.1 Å². The zero-order valence-electron chi connectivity index (χ0n) is 11.4. The van der Waals surface area contributed by atoms with Gasteiger partial charge in [0.15, 0.2) is 0 Å². The second kappa shape index (κ2) is 5.49. The van der Waals surface area contributed by atoms with Gasteiger partial charge in [0.1, 0.15) is 5.82 Å². The normalized spacial score (nSPS) is 14.0. The Morgan fingerprint density at radius 1 is 1.25 bits per heavy atom. The van der Waals surface area contributed by atoms with E-state index < -0.39 is 5.97 Å². The first-order valence-corrected chi connectivity index (χ1v) is 7.11. The van der Waals surface area contributed by atoms with Crippen molar-refractivity contribution in [3.63, 3.8) is 0 Å². The molecular weight excluding hydrogens is 252 g/mol. The lowest BCUT2D eigenvalue weighted by Crippen LogP contribution is -2.14. The number of aryl methyl sites for hydroxylation is 1. The van der Waals surface area contributed by atoms with E-state index >= 15 is 0 Å². The molecule has 1 aromatic carbocycles. The highest BCUT2D eigenvalue weighted by Crippen LogP contribution is 2.28. The predicted octanol–water partition coefficient (Wildman–Crippen LogP) is 2.90. The van der Waals surface area contributed by atoms with E-state index in [-0.39, 0.29) is 6.42 Å². The van der Waals surface area contributed by atoms with Crippen LogP contribution >= 0.6 is 0 Å². The molecule has 0 atom stereocenters. The molecule has 2 aromatic rings. The van der Waals surface area contributed by atoms with E-state index in [0.717, 1.165) is 42.2 Å². The molecule has 0 saturated carbocycles. The van der Waals surface area contributed by atoms with Crippen LogP contribution in [0.4, 0.5) is 0 Å². The summed E-state index contributed by atoms with van der Waals surface area (Å²) in [5.41, 5.74) is 3.12. The fourth-order valence-electron chi connectivity index (χ4n) is 2.85. The number of nitrogens with zero attached hydrogens (tertiary/aromatic N) is 2. The lowest BCUT2D eigenvalue weighted by Gasteiger charge is -2.16. The lowest BCUT2D eigenvalue weighted by atomic mass is 10.1. The summed E-state index contributed by atoms with van der Waals surface area (Å²) in [6.45, 7) is 0.962. The van der Waals surface area contributed by atoms with Gasteiger partial charge >= 0.3 is 5.97 Å². The van der Waals surface area contributed by atoms with Gasteiger partial charge in [0.05, 0.1) is 12.1 Å². The summed E-state index contributed by atoms with van der Waals surface area (Å²) in [5.74, 6) is 0.353. The molecule has 1 aliphatic heterocycles. The number of carbonyl (C=O) groups is 1. The molecule has 0 aliphatic carbocycles. The number of aromatic nitrogens is 2. The first kappa shape index (κ1) is 12.9. The summed E-state index contributed by atoms with van der Waals surface area (Å²) in [4.78, 5) is 15.6. The van der Waals surface area contributed by atoms with Crippen molar-refractivity contribution in [2.75, 3.05) is 0 Å². The molecule has 1 aromatic heterocycles. The Bertz CT molecular complexity index is 617. The third-order valence-corrected chi connectivity index (χ3v) is 3.81. The Kier molecular flexibility index (Phi) is 3.54. The van der Waals surface area contributed by atoms with Gasteiger partial charge in [0.25, 0.3) is 0 Å². The van der Waals surface area contributed by atoms with Gasteiger partial charge in [0.2, 0.25) is 0 Å². The first-order chi connectivity index (χ1) is 9.75. The highest BCUT2D eigenvalue weighted by atomic mass is 16.4. The van der Waals surface area contributed by atoms with Crippen LogP contribution in [0.2, 0.25) is 0 Å². The van der Waals surface area contributed by atoms with Gasteiger partial charge in [-0.15, -0.1) is 0 Å². The average Bonchev–Trinajstić information content (AvgIpc) is 2.84. The van der Waals surface area contributed by atoms with Crippen LogP contribution in [0, 0.1) is 0 Å². The number of hydrogen-bond acceptors (Lipinski definition) is 2. The molecule has 0 spiro atoms. The number of carboxylic acid groups (broad SMARTS) is 1. The maximum absolute atomic E-state index is 10.9. The fourth-order valence-corrected chi connectivity index (χ4v) is 2.85. The first-order valence-electron chi connectivity index (χ1n) is 7.11. The van der Waals surface area contributed by atoms with Crippen molar-refractivity contribution in [2.45, 2.75) is 38.6 Å². The van der Waals surface area contributed by atoms with E-state index in [1.165, 1.54) is 6.42 Å². The Balaban J connectivity index is 2.03. The van der Waals surface area contributed by atoms with Gasteiger partial charge in [-0.1, -0.05) is 30.3 Å². The van der Waals surface area contributed by atoms with E-state index in [9.17, 15) is 4.79 Å². The molecule has 0 bridgehead atoms. The molecule has 3 rings (SSSR count). The van der Waals surface area contributed by atoms with Crippen molar-refractivity contribution in [2.24, 2.45) is 0 Å². The molecule has 2 heterocycles. The molecule has 0 unspecified atom stereocenters. The van der Waals surface area contributed by atoms with Crippen molar-refractivity contribution in [3.8, 4) is 11.3 Å². The summed E-state index contributed by atoms with van der Waals surface area (Å²) in [6, 6.07) is 10.1. The van der Waals surface area contributed by atoms with Crippen LogP contribution in [0.25, 0.3) is 11.3 Å². The number of rotatable bonds is 4. The van der Waals surface area contributed by atoms with Crippen LogP contribution in [0.1, 0.15) is 30.8 Å². The SMILES string of the molecule is O=C(O)CCc1c(-c2ccccc2)nc2n1CCCC2. The molecule has 104 valence electrons. The van der Waals surface area contributed by atoms with Gasteiger partial charge in [-0.3, -0.25) is 4.79 Å². The van der Waals surface area contributed by atoms with Gasteiger partial charge in [-0.25, -0.2) is 4.98 Å². The number of fused-ring (bicyclic) bond motifs is 1. The standard InChI is InChI=1S/C16H18N2O2/c19-15(20)10-9-13-16(12-6-2-1-3-7-12)17-14-8-4-5-11-18(13)14/h1-3,6-7H,4-5,8-11H2,(H,19,20). The molecule has 4 nitrogen and oxygen atoms in total. The summed E-state index contributed by atoms with van der Waals surface area (Å²) in [6.07, 6.45) is 4.02. The van der Waals surface area contributed by atoms with E-state index in [1.54, 1.807) is 0 Å². The highest BCUT2D eigenvalue weighted by molar-refractivity contribution is 5.68. The van der Waals surface area contributed by atoms with Gasteiger partial charge in [0, 0.05) is 30.6 Å². The Hall–Kier alpha value is -2.10. The number of aliphatic carboxylic acids is 1.